The number of hydrogen-bond donors (Lipinski definition) is 0. The second-order valence-corrected chi connectivity index (χ2v) is 5.50. The summed E-state index contributed by atoms with van der Waals surface area (Å²) >= 11 is 9.10. The van der Waals surface area contributed by atoms with Gasteiger partial charge in [-0.15, -0.1) is 0 Å². The van der Waals surface area contributed by atoms with E-state index in [1.807, 2.05) is 13.8 Å². The van der Waals surface area contributed by atoms with Crippen LogP contribution >= 0.6 is 27.5 Å². The highest BCUT2D eigenvalue weighted by Gasteiger charge is 2.38. The van der Waals surface area contributed by atoms with E-state index in [0.717, 1.165) is 0 Å². The third-order valence-electron chi connectivity index (χ3n) is 2.57. The Morgan fingerprint density at radius 3 is 2.67 bits per heavy atom. The smallest absolute Gasteiger partial charge is 0.266 e. The van der Waals surface area contributed by atoms with Crippen LogP contribution in [0.25, 0.3) is 0 Å². The normalized spacial score (nSPS) is 18.0. The monoisotopic (exact) mass is 289 g/mol. The fourth-order valence-corrected chi connectivity index (χ4v) is 2.78. The Balaban J connectivity index is 2.91. The van der Waals surface area contributed by atoms with E-state index < -0.39 is 5.54 Å². The highest BCUT2D eigenvalue weighted by Crippen LogP contribution is 2.34. The lowest BCUT2D eigenvalue weighted by Crippen LogP contribution is -2.33. The zero-order chi connectivity index (χ0) is 11.4. The molecule has 1 aliphatic heterocycles. The van der Waals surface area contributed by atoms with Gasteiger partial charge in [0.1, 0.15) is 5.69 Å². The van der Waals surface area contributed by atoms with E-state index in [1.54, 1.807) is 0 Å². The number of pyridine rings is 1. The van der Waals surface area contributed by atoms with Crippen LogP contribution in [-0.4, -0.2) is 10.4 Å². The topological polar surface area (TPSA) is 39.1 Å². The highest BCUT2D eigenvalue weighted by atomic mass is 79.9. The number of carbonyl (C=O) groups is 1. The average molecular weight is 291 g/mol. The molecule has 80 valence electrons. The lowest BCUT2D eigenvalue weighted by atomic mass is 10.0. The molecule has 0 N–H and O–H groups in total. The van der Waals surface area contributed by atoms with Crippen molar-refractivity contribution < 1.29 is 4.79 Å². The molecule has 0 fully saturated rings. The molecule has 0 unspecified atom stereocenters. The molecule has 5 heteroatoms. The van der Waals surface area contributed by atoms with Crippen molar-refractivity contribution in [3.05, 3.63) is 31.6 Å². The van der Waals surface area contributed by atoms with Gasteiger partial charge in [-0.2, -0.15) is 0 Å². The van der Waals surface area contributed by atoms with Crippen molar-refractivity contribution >= 4 is 33.3 Å². The first-order valence-electron chi connectivity index (χ1n) is 4.49. The van der Waals surface area contributed by atoms with Crippen molar-refractivity contribution in [2.75, 3.05) is 0 Å². The Hall–Kier alpha value is -0.610. The van der Waals surface area contributed by atoms with Crippen molar-refractivity contribution in [1.29, 1.82) is 0 Å². The summed E-state index contributed by atoms with van der Waals surface area (Å²) in [6.45, 7) is 3.71. The molecule has 2 heterocycles. The number of nitrogens with zero attached hydrogens (tertiary/aromatic N) is 1. The number of ketones is 1. The van der Waals surface area contributed by atoms with Gasteiger partial charge in [-0.1, -0.05) is 11.6 Å². The van der Waals surface area contributed by atoms with Crippen LogP contribution in [0.2, 0.25) is 5.02 Å². The Kier molecular flexibility index (Phi) is 2.32. The van der Waals surface area contributed by atoms with Crippen LogP contribution in [0.4, 0.5) is 0 Å². The van der Waals surface area contributed by atoms with Gasteiger partial charge in [0.15, 0.2) is 5.78 Å². The van der Waals surface area contributed by atoms with Gasteiger partial charge >= 0.3 is 0 Å². The predicted molar refractivity (Wildman–Crippen MR) is 61.7 cm³/mol. The molecule has 2 rings (SSSR count). The van der Waals surface area contributed by atoms with Gasteiger partial charge in [-0.05, 0) is 35.8 Å². The standard InChI is InChI=1S/C10H9BrClNO2/c1-10(2)4-7(14)8-6(12)3-5(11)9(15)13(8)10/h3H,4H2,1-2H3. The average Bonchev–Trinajstić information content (AvgIpc) is 2.32. The maximum absolute atomic E-state index is 11.9. The lowest BCUT2D eigenvalue weighted by molar-refractivity contribution is 0.0978. The number of carbonyl (C=O) groups excluding carboxylic acids is 1. The third kappa shape index (κ3) is 1.47. The minimum absolute atomic E-state index is 0.0744. The molecule has 0 radical (unpaired) electrons. The molecule has 3 nitrogen and oxygen atoms in total. The lowest BCUT2D eigenvalue weighted by Gasteiger charge is -2.20. The molecule has 1 aromatic rings. The number of hydrogen-bond acceptors (Lipinski definition) is 2. The van der Waals surface area contributed by atoms with Crippen molar-refractivity contribution in [1.82, 2.24) is 4.57 Å². The summed E-state index contributed by atoms with van der Waals surface area (Å²) in [5.74, 6) is -0.0744. The molecule has 0 saturated carbocycles. The fraction of sp³-hybridized carbons (Fsp3) is 0.400. The molecule has 1 aromatic heterocycles. The van der Waals surface area contributed by atoms with Crippen molar-refractivity contribution in [3.63, 3.8) is 0 Å². The number of Topliss-reactive ketones (excluding diaryl/α,β-unsaturated/α-hetero) is 1. The van der Waals surface area contributed by atoms with E-state index in [9.17, 15) is 9.59 Å². The van der Waals surface area contributed by atoms with Gasteiger partial charge in [0.2, 0.25) is 0 Å². The summed E-state index contributed by atoms with van der Waals surface area (Å²) in [7, 11) is 0. The van der Waals surface area contributed by atoms with Crippen LogP contribution in [0.3, 0.4) is 0 Å². The van der Waals surface area contributed by atoms with Crippen molar-refractivity contribution in [3.8, 4) is 0 Å². The molecular formula is C10H9BrClNO2. The molecule has 0 atom stereocenters. The van der Waals surface area contributed by atoms with Crippen LogP contribution in [0.15, 0.2) is 15.3 Å². The zero-order valence-corrected chi connectivity index (χ0v) is 10.6. The van der Waals surface area contributed by atoms with E-state index in [-0.39, 0.29) is 11.3 Å². The third-order valence-corrected chi connectivity index (χ3v) is 3.43. The summed E-state index contributed by atoms with van der Waals surface area (Å²) in [5.41, 5.74) is -0.364. The number of halogens is 2. The van der Waals surface area contributed by atoms with Gasteiger partial charge < -0.3 is 0 Å². The molecule has 15 heavy (non-hydrogen) atoms. The Labute approximate surface area is 100 Å². The van der Waals surface area contributed by atoms with Gasteiger partial charge in [-0.25, -0.2) is 0 Å². The van der Waals surface area contributed by atoms with Crippen molar-refractivity contribution in [2.24, 2.45) is 0 Å². The highest BCUT2D eigenvalue weighted by molar-refractivity contribution is 9.10. The summed E-state index contributed by atoms with van der Waals surface area (Å²) < 4.78 is 1.86. The largest absolute Gasteiger partial charge is 0.297 e. The van der Waals surface area contributed by atoms with Crippen molar-refractivity contribution in [2.45, 2.75) is 25.8 Å². The Morgan fingerprint density at radius 2 is 2.07 bits per heavy atom. The molecule has 0 saturated heterocycles. The first-order chi connectivity index (χ1) is 6.84. The van der Waals surface area contributed by atoms with Gasteiger partial charge in [0.05, 0.1) is 15.0 Å². The van der Waals surface area contributed by atoms with Crippen LogP contribution in [-0.2, 0) is 5.54 Å². The quantitative estimate of drug-likeness (QED) is 0.737. The van der Waals surface area contributed by atoms with Crippen LogP contribution < -0.4 is 5.56 Å². The van der Waals surface area contributed by atoms with Crippen LogP contribution in [0, 0.1) is 0 Å². The van der Waals surface area contributed by atoms with Gasteiger partial charge in [0.25, 0.3) is 5.56 Å². The fourth-order valence-electron chi connectivity index (χ4n) is 1.95. The maximum Gasteiger partial charge on any atom is 0.266 e. The summed E-state index contributed by atoms with van der Waals surface area (Å²) in [5, 5.41) is 0.331. The van der Waals surface area contributed by atoms with Gasteiger partial charge in [-0.3, -0.25) is 14.2 Å². The molecule has 0 amide bonds. The minimum Gasteiger partial charge on any atom is -0.297 e. The number of aromatic nitrogens is 1. The summed E-state index contributed by atoms with van der Waals surface area (Å²) in [6.07, 6.45) is 0.318. The van der Waals surface area contributed by atoms with E-state index in [0.29, 0.717) is 21.6 Å². The molecular weight excluding hydrogens is 281 g/mol. The first kappa shape index (κ1) is 10.9. The predicted octanol–water partition coefficient (Wildman–Crippen LogP) is 2.59. The summed E-state index contributed by atoms with van der Waals surface area (Å²) in [4.78, 5) is 23.6. The minimum atomic E-state index is -0.489. The van der Waals surface area contributed by atoms with E-state index >= 15 is 0 Å². The Morgan fingerprint density at radius 1 is 1.47 bits per heavy atom. The molecule has 0 aliphatic carbocycles. The number of fused-ring (bicyclic) bond motifs is 1. The van der Waals surface area contributed by atoms with Crippen LogP contribution in [0.1, 0.15) is 30.8 Å². The Bertz CT molecular complexity index is 519. The van der Waals surface area contributed by atoms with Crippen LogP contribution in [0.5, 0.6) is 0 Å². The van der Waals surface area contributed by atoms with E-state index in [4.69, 9.17) is 11.6 Å². The van der Waals surface area contributed by atoms with Gasteiger partial charge in [0, 0.05) is 6.42 Å². The summed E-state index contributed by atoms with van der Waals surface area (Å²) in [6, 6.07) is 1.48. The number of rotatable bonds is 0. The molecule has 0 spiro atoms. The SMILES string of the molecule is CC1(C)CC(=O)c2c(Cl)cc(Br)c(=O)n21. The van der Waals surface area contributed by atoms with E-state index in [1.165, 1.54) is 10.6 Å². The molecule has 0 aromatic carbocycles. The molecule has 0 bridgehead atoms. The molecule has 1 aliphatic rings. The zero-order valence-electron chi connectivity index (χ0n) is 8.30. The second-order valence-electron chi connectivity index (χ2n) is 4.24. The maximum atomic E-state index is 11.9. The van der Waals surface area contributed by atoms with E-state index in [2.05, 4.69) is 15.9 Å². The second kappa shape index (κ2) is 3.19. The first-order valence-corrected chi connectivity index (χ1v) is 5.66.